The number of sulfonamides is 1. The molecule has 0 aliphatic heterocycles. The first-order chi connectivity index (χ1) is 9.97. The van der Waals surface area contributed by atoms with Crippen LogP contribution in [0.15, 0.2) is 53.6 Å². The van der Waals surface area contributed by atoms with Gasteiger partial charge in [-0.2, -0.15) is 0 Å². The summed E-state index contributed by atoms with van der Waals surface area (Å²) < 4.78 is 27.3. The molecule has 1 aromatic heterocycles. The fourth-order valence-electron chi connectivity index (χ4n) is 2.01. The van der Waals surface area contributed by atoms with Crippen LogP contribution >= 0.6 is 23.2 Å². The smallest absolute Gasteiger partial charge is 0.263 e. The largest absolute Gasteiger partial charge is 0.361 e. The zero-order chi connectivity index (χ0) is 15.0. The van der Waals surface area contributed by atoms with E-state index in [2.05, 4.69) is 9.71 Å². The Morgan fingerprint density at radius 2 is 1.86 bits per heavy atom. The molecule has 0 atom stereocenters. The Morgan fingerprint density at radius 3 is 2.67 bits per heavy atom. The summed E-state index contributed by atoms with van der Waals surface area (Å²) in [7, 11) is -3.80. The molecule has 21 heavy (non-hydrogen) atoms. The first-order valence-corrected chi connectivity index (χ1v) is 8.25. The molecule has 0 fully saturated rings. The summed E-state index contributed by atoms with van der Waals surface area (Å²) in [4.78, 5) is 2.97. The number of hydrogen-bond donors (Lipinski definition) is 2. The molecule has 0 saturated carbocycles. The quantitative estimate of drug-likeness (QED) is 0.747. The van der Waals surface area contributed by atoms with Gasteiger partial charge in [0.15, 0.2) is 0 Å². The lowest BCUT2D eigenvalue weighted by atomic mass is 10.2. The number of halogens is 2. The molecule has 7 heteroatoms. The summed E-state index contributed by atoms with van der Waals surface area (Å²) in [6.45, 7) is 0. The van der Waals surface area contributed by atoms with E-state index >= 15 is 0 Å². The monoisotopic (exact) mass is 340 g/mol. The fourth-order valence-corrected chi connectivity index (χ4v) is 3.83. The van der Waals surface area contributed by atoms with Crippen LogP contribution in [-0.2, 0) is 10.0 Å². The second-order valence-electron chi connectivity index (χ2n) is 4.44. The van der Waals surface area contributed by atoms with Gasteiger partial charge in [0.1, 0.15) is 4.90 Å². The number of hydrogen-bond acceptors (Lipinski definition) is 2. The van der Waals surface area contributed by atoms with Crippen molar-refractivity contribution in [2.75, 3.05) is 4.72 Å². The number of H-pyrrole nitrogens is 1. The third-order valence-electron chi connectivity index (χ3n) is 3.01. The highest BCUT2D eigenvalue weighted by atomic mass is 35.5. The molecule has 2 aromatic carbocycles. The predicted octanol–water partition coefficient (Wildman–Crippen LogP) is 4.28. The summed E-state index contributed by atoms with van der Waals surface area (Å²) in [5.74, 6) is 0. The van der Waals surface area contributed by atoms with Gasteiger partial charge in [0, 0.05) is 11.7 Å². The average molecular weight is 341 g/mol. The van der Waals surface area contributed by atoms with Crippen molar-refractivity contribution in [3.8, 4) is 0 Å². The number of aromatic amines is 1. The zero-order valence-electron chi connectivity index (χ0n) is 10.6. The maximum Gasteiger partial charge on any atom is 0.263 e. The van der Waals surface area contributed by atoms with E-state index in [9.17, 15) is 8.42 Å². The van der Waals surface area contributed by atoms with E-state index in [1.807, 2.05) is 12.1 Å². The number of anilines is 1. The Morgan fingerprint density at radius 1 is 1.05 bits per heavy atom. The van der Waals surface area contributed by atoms with Crippen LogP contribution in [0.1, 0.15) is 0 Å². The summed E-state index contributed by atoms with van der Waals surface area (Å²) >= 11 is 11.8. The molecule has 0 spiro atoms. The van der Waals surface area contributed by atoms with E-state index in [-0.39, 0.29) is 14.9 Å². The lowest BCUT2D eigenvalue weighted by Gasteiger charge is -2.10. The number of nitrogens with one attached hydrogen (secondary N) is 2. The maximum absolute atomic E-state index is 12.4. The van der Waals surface area contributed by atoms with Gasteiger partial charge in [0.2, 0.25) is 0 Å². The van der Waals surface area contributed by atoms with Crippen LogP contribution in [0.25, 0.3) is 10.9 Å². The topological polar surface area (TPSA) is 62.0 Å². The molecule has 1 heterocycles. The highest BCUT2D eigenvalue weighted by Crippen LogP contribution is 2.30. The zero-order valence-corrected chi connectivity index (χ0v) is 12.9. The van der Waals surface area contributed by atoms with Gasteiger partial charge < -0.3 is 4.98 Å². The number of benzene rings is 2. The Labute approximate surface area is 131 Å². The molecule has 0 radical (unpaired) electrons. The van der Waals surface area contributed by atoms with Crippen LogP contribution in [0.2, 0.25) is 10.0 Å². The normalized spacial score (nSPS) is 11.7. The van der Waals surface area contributed by atoms with Gasteiger partial charge in [0.05, 0.1) is 15.7 Å². The first-order valence-electron chi connectivity index (χ1n) is 6.01. The third kappa shape index (κ3) is 2.72. The predicted molar refractivity (Wildman–Crippen MR) is 85.6 cm³/mol. The second-order valence-corrected chi connectivity index (χ2v) is 6.87. The Bertz CT molecular complexity index is 920. The lowest BCUT2D eigenvalue weighted by molar-refractivity contribution is 0.601. The van der Waals surface area contributed by atoms with Gasteiger partial charge in [-0.3, -0.25) is 4.72 Å². The van der Waals surface area contributed by atoms with E-state index in [0.29, 0.717) is 5.69 Å². The summed E-state index contributed by atoms with van der Waals surface area (Å²) in [6, 6.07) is 11.6. The minimum atomic E-state index is -3.80. The van der Waals surface area contributed by atoms with Crippen LogP contribution in [0.3, 0.4) is 0 Å². The Kier molecular flexibility index (Phi) is 3.57. The minimum absolute atomic E-state index is 0.00705. The molecular weight excluding hydrogens is 331 g/mol. The molecule has 0 bridgehead atoms. The van der Waals surface area contributed by atoms with Crippen molar-refractivity contribution >= 4 is 49.8 Å². The summed E-state index contributed by atoms with van der Waals surface area (Å²) in [5.41, 5.74) is 1.29. The molecule has 0 unspecified atom stereocenters. The third-order valence-corrected chi connectivity index (χ3v) is 5.37. The van der Waals surface area contributed by atoms with Crippen LogP contribution in [0.5, 0.6) is 0 Å². The van der Waals surface area contributed by atoms with E-state index < -0.39 is 10.0 Å². The van der Waals surface area contributed by atoms with Crippen molar-refractivity contribution in [3.05, 3.63) is 58.7 Å². The highest BCUT2D eigenvalue weighted by Gasteiger charge is 2.19. The van der Waals surface area contributed by atoms with Gasteiger partial charge in [-0.1, -0.05) is 35.3 Å². The molecular formula is C14H10Cl2N2O2S. The van der Waals surface area contributed by atoms with Gasteiger partial charge in [-0.15, -0.1) is 0 Å². The van der Waals surface area contributed by atoms with Gasteiger partial charge in [-0.25, -0.2) is 8.42 Å². The Hall–Kier alpha value is -1.69. The molecule has 3 aromatic rings. The van der Waals surface area contributed by atoms with Crippen molar-refractivity contribution in [2.24, 2.45) is 0 Å². The van der Waals surface area contributed by atoms with E-state index in [1.54, 1.807) is 18.3 Å². The fraction of sp³-hybridized carbons (Fsp3) is 0. The molecule has 0 aliphatic rings. The van der Waals surface area contributed by atoms with Crippen LogP contribution in [0.4, 0.5) is 5.69 Å². The lowest BCUT2D eigenvalue weighted by Crippen LogP contribution is -2.13. The van der Waals surface area contributed by atoms with Gasteiger partial charge in [0.25, 0.3) is 10.0 Å². The molecule has 2 N–H and O–H groups in total. The van der Waals surface area contributed by atoms with Crippen molar-refractivity contribution in [1.82, 2.24) is 4.98 Å². The number of rotatable bonds is 3. The van der Waals surface area contributed by atoms with Gasteiger partial charge >= 0.3 is 0 Å². The number of fused-ring (bicyclic) bond motifs is 1. The molecule has 4 nitrogen and oxygen atoms in total. The standard InChI is InChI=1S/C14H10Cl2N2O2S/c15-11-2-1-3-13(14(11)16)21(19,20)18-10-5-4-9-6-7-17-12(9)8-10/h1-8,17-18H. The van der Waals surface area contributed by atoms with Crippen molar-refractivity contribution in [3.63, 3.8) is 0 Å². The number of aromatic nitrogens is 1. The molecule has 0 saturated heterocycles. The van der Waals surface area contributed by atoms with Crippen molar-refractivity contribution in [2.45, 2.75) is 4.90 Å². The van der Waals surface area contributed by atoms with Gasteiger partial charge in [-0.05, 0) is 35.7 Å². The SMILES string of the molecule is O=S(=O)(Nc1ccc2cc[nH]c2c1)c1cccc(Cl)c1Cl. The maximum atomic E-state index is 12.4. The van der Waals surface area contributed by atoms with Crippen LogP contribution < -0.4 is 4.72 Å². The second kappa shape index (κ2) is 5.26. The van der Waals surface area contributed by atoms with E-state index in [4.69, 9.17) is 23.2 Å². The summed E-state index contributed by atoms with van der Waals surface area (Å²) in [5, 5.41) is 1.20. The van der Waals surface area contributed by atoms with Crippen molar-refractivity contribution in [1.29, 1.82) is 0 Å². The Balaban J connectivity index is 2.00. The minimum Gasteiger partial charge on any atom is -0.361 e. The first kappa shape index (κ1) is 14.3. The molecule has 0 aliphatic carbocycles. The van der Waals surface area contributed by atoms with Crippen molar-refractivity contribution < 1.29 is 8.42 Å². The molecule has 3 rings (SSSR count). The molecule has 108 valence electrons. The average Bonchev–Trinajstić information content (AvgIpc) is 2.88. The summed E-state index contributed by atoms with van der Waals surface area (Å²) in [6.07, 6.45) is 1.79. The molecule has 0 amide bonds. The van der Waals surface area contributed by atoms with Crippen LogP contribution in [-0.4, -0.2) is 13.4 Å². The van der Waals surface area contributed by atoms with Crippen LogP contribution in [0, 0.1) is 0 Å². The van der Waals surface area contributed by atoms with E-state index in [0.717, 1.165) is 10.9 Å². The highest BCUT2D eigenvalue weighted by molar-refractivity contribution is 7.92. The van der Waals surface area contributed by atoms with E-state index in [1.165, 1.54) is 18.2 Å².